The number of nitrogens with zero attached hydrogens (tertiary/aromatic N) is 2. The third kappa shape index (κ3) is 5.39. The summed E-state index contributed by atoms with van der Waals surface area (Å²) in [4.78, 5) is 16.7. The van der Waals surface area contributed by atoms with Gasteiger partial charge in [0.05, 0.1) is 6.54 Å². The molecule has 2 aromatic rings. The number of piperazine rings is 1. The Labute approximate surface area is 154 Å². The zero-order valence-corrected chi connectivity index (χ0v) is 15.1. The average Bonchev–Trinajstić information content (AvgIpc) is 2.67. The number of para-hydroxylation sites is 1. The summed E-state index contributed by atoms with van der Waals surface area (Å²) in [5.74, 6) is 0.800. The number of ether oxygens (including phenoxy) is 1. The van der Waals surface area contributed by atoms with Gasteiger partial charge in [-0.2, -0.15) is 0 Å². The molecule has 0 aromatic heterocycles. The van der Waals surface area contributed by atoms with Crippen LogP contribution in [0.2, 0.25) is 0 Å². The normalized spacial score (nSPS) is 14.7. The monoisotopic (exact) mass is 354 g/mol. The number of hydrogen-bond acceptors (Lipinski definition) is 4. The number of carbonyl (C=O) groups is 1. The van der Waals surface area contributed by atoms with Crippen molar-refractivity contribution >= 4 is 17.4 Å². The van der Waals surface area contributed by atoms with Crippen molar-refractivity contribution in [1.82, 2.24) is 10.2 Å². The molecule has 2 aromatic carbocycles. The number of amides is 2. The van der Waals surface area contributed by atoms with Crippen molar-refractivity contribution in [2.75, 3.05) is 56.6 Å². The Balaban J connectivity index is 1.38. The molecule has 1 aliphatic rings. The summed E-state index contributed by atoms with van der Waals surface area (Å²) in [5, 5.41) is 5.64. The molecule has 0 spiro atoms. The van der Waals surface area contributed by atoms with Crippen LogP contribution in [-0.4, -0.2) is 57.3 Å². The number of hydrogen-bond donors (Lipinski definition) is 2. The van der Waals surface area contributed by atoms with E-state index in [-0.39, 0.29) is 6.03 Å². The lowest BCUT2D eigenvalue weighted by molar-refractivity contribution is 0.247. The molecule has 1 fully saturated rings. The standard InChI is InChI=1S/C20H26N4O2/c1-23-12-14-24(15-13-23)18-9-7-17(8-10-18)22-20(25)21-11-16-26-19-5-3-2-4-6-19/h2-10H,11-16H2,1H3,(H2,21,22,25). The zero-order chi connectivity index (χ0) is 18.2. The van der Waals surface area contributed by atoms with Gasteiger partial charge in [0, 0.05) is 37.6 Å². The van der Waals surface area contributed by atoms with E-state index in [1.807, 2.05) is 42.5 Å². The first kappa shape index (κ1) is 18.1. The second kappa shape index (κ2) is 9.10. The van der Waals surface area contributed by atoms with Gasteiger partial charge < -0.3 is 25.2 Å². The summed E-state index contributed by atoms with van der Waals surface area (Å²) in [5.41, 5.74) is 1.98. The topological polar surface area (TPSA) is 56.8 Å². The zero-order valence-electron chi connectivity index (χ0n) is 15.1. The van der Waals surface area contributed by atoms with Crippen LogP contribution in [0.25, 0.3) is 0 Å². The highest BCUT2D eigenvalue weighted by molar-refractivity contribution is 5.89. The molecule has 0 aliphatic carbocycles. The molecule has 6 nitrogen and oxygen atoms in total. The third-order valence-corrected chi connectivity index (χ3v) is 4.39. The first-order valence-electron chi connectivity index (χ1n) is 8.97. The molecular weight excluding hydrogens is 328 g/mol. The number of carbonyl (C=O) groups excluding carboxylic acids is 1. The maximum atomic E-state index is 12.0. The minimum Gasteiger partial charge on any atom is -0.492 e. The second-order valence-electron chi connectivity index (χ2n) is 6.38. The summed E-state index contributed by atoms with van der Waals surface area (Å²) < 4.78 is 5.55. The van der Waals surface area contributed by atoms with E-state index >= 15 is 0 Å². The molecule has 138 valence electrons. The molecule has 0 unspecified atom stereocenters. The van der Waals surface area contributed by atoms with Gasteiger partial charge in [-0.1, -0.05) is 18.2 Å². The van der Waals surface area contributed by atoms with Gasteiger partial charge in [0.1, 0.15) is 12.4 Å². The molecule has 1 heterocycles. The van der Waals surface area contributed by atoms with Gasteiger partial charge >= 0.3 is 6.03 Å². The molecule has 6 heteroatoms. The number of urea groups is 1. The molecular formula is C20H26N4O2. The van der Waals surface area contributed by atoms with Gasteiger partial charge in [-0.25, -0.2) is 4.79 Å². The third-order valence-electron chi connectivity index (χ3n) is 4.39. The number of nitrogens with one attached hydrogen (secondary N) is 2. The molecule has 26 heavy (non-hydrogen) atoms. The summed E-state index contributed by atoms with van der Waals surface area (Å²) in [6.45, 7) is 5.09. The molecule has 2 amide bonds. The van der Waals surface area contributed by atoms with Crippen molar-refractivity contribution < 1.29 is 9.53 Å². The summed E-state index contributed by atoms with van der Waals surface area (Å²) in [6.07, 6.45) is 0. The molecule has 2 N–H and O–H groups in total. The Morgan fingerprint density at radius 1 is 1.00 bits per heavy atom. The lowest BCUT2D eigenvalue weighted by atomic mass is 10.2. The molecule has 1 saturated heterocycles. The van der Waals surface area contributed by atoms with Gasteiger partial charge in [0.2, 0.25) is 0 Å². The van der Waals surface area contributed by atoms with Crippen LogP contribution < -0.4 is 20.3 Å². The first-order chi connectivity index (χ1) is 12.7. The van der Waals surface area contributed by atoms with Crippen LogP contribution in [0.4, 0.5) is 16.2 Å². The lowest BCUT2D eigenvalue weighted by Crippen LogP contribution is -2.44. The first-order valence-corrected chi connectivity index (χ1v) is 8.97. The highest BCUT2D eigenvalue weighted by atomic mass is 16.5. The van der Waals surface area contributed by atoms with Crippen LogP contribution in [0.15, 0.2) is 54.6 Å². The smallest absolute Gasteiger partial charge is 0.319 e. The number of benzene rings is 2. The Bertz CT molecular complexity index is 683. The van der Waals surface area contributed by atoms with E-state index in [2.05, 4.69) is 39.6 Å². The molecule has 0 atom stereocenters. The van der Waals surface area contributed by atoms with E-state index in [0.29, 0.717) is 13.2 Å². The summed E-state index contributed by atoms with van der Waals surface area (Å²) in [6, 6.07) is 17.3. The highest BCUT2D eigenvalue weighted by Crippen LogP contribution is 2.19. The van der Waals surface area contributed by atoms with E-state index in [1.54, 1.807) is 0 Å². The van der Waals surface area contributed by atoms with E-state index in [0.717, 1.165) is 37.6 Å². The fourth-order valence-electron chi connectivity index (χ4n) is 2.85. The highest BCUT2D eigenvalue weighted by Gasteiger charge is 2.14. The van der Waals surface area contributed by atoms with Crippen molar-refractivity contribution in [3.8, 4) is 5.75 Å². The minimum atomic E-state index is -0.228. The molecule has 1 aliphatic heterocycles. The maximum absolute atomic E-state index is 12.0. The average molecular weight is 354 g/mol. The summed E-state index contributed by atoms with van der Waals surface area (Å²) in [7, 11) is 2.15. The van der Waals surface area contributed by atoms with E-state index in [1.165, 1.54) is 5.69 Å². The van der Waals surface area contributed by atoms with Crippen molar-refractivity contribution in [1.29, 1.82) is 0 Å². The van der Waals surface area contributed by atoms with E-state index in [9.17, 15) is 4.79 Å². The van der Waals surface area contributed by atoms with E-state index < -0.39 is 0 Å². The van der Waals surface area contributed by atoms with Crippen LogP contribution in [0.3, 0.4) is 0 Å². The maximum Gasteiger partial charge on any atom is 0.319 e. The Morgan fingerprint density at radius 3 is 2.38 bits per heavy atom. The minimum absolute atomic E-state index is 0.228. The molecule has 0 saturated carbocycles. The van der Waals surface area contributed by atoms with Crippen molar-refractivity contribution in [3.63, 3.8) is 0 Å². The fraction of sp³-hybridized carbons (Fsp3) is 0.350. The van der Waals surface area contributed by atoms with Gasteiger partial charge in [0.15, 0.2) is 0 Å². The van der Waals surface area contributed by atoms with Gasteiger partial charge in [-0.3, -0.25) is 0 Å². The van der Waals surface area contributed by atoms with Crippen LogP contribution in [0.5, 0.6) is 5.75 Å². The fourth-order valence-corrected chi connectivity index (χ4v) is 2.85. The van der Waals surface area contributed by atoms with Crippen molar-refractivity contribution in [2.24, 2.45) is 0 Å². The molecule has 0 bridgehead atoms. The van der Waals surface area contributed by atoms with Gasteiger partial charge in [0.25, 0.3) is 0 Å². The van der Waals surface area contributed by atoms with Gasteiger partial charge in [-0.15, -0.1) is 0 Å². The lowest BCUT2D eigenvalue weighted by Gasteiger charge is -2.34. The van der Waals surface area contributed by atoms with Crippen LogP contribution in [-0.2, 0) is 0 Å². The Kier molecular flexibility index (Phi) is 6.33. The predicted octanol–water partition coefficient (Wildman–Crippen LogP) is 2.64. The van der Waals surface area contributed by atoms with Crippen LogP contribution in [0, 0.1) is 0 Å². The number of rotatable bonds is 6. The van der Waals surface area contributed by atoms with Crippen LogP contribution in [0.1, 0.15) is 0 Å². The quantitative estimate of drug-likeness (QED) is 0.783. The SMILES string of the molecule is CN1CCN(c2ccc(NC(=O)NCCOc3ccccc3)cc2)CC1. The number of anilines is 2. The Hall–Kier alpha value is -2.73. The van der Waals surface area contributed by atoms with Crippen LogP contribution >= 0.6 is 0 Å². The number of likely N-dealkylation sites (N-methyl/N-ethyl adjacent to an activating group) is 1. The predicted molar refractivity (Wildman–Crippen MR) is 105 cm³/mol. The van der Waals surface area contributed by atoms with Gasteiger partial charge in [-0.05, 0) is 43.4 Å². The summed E-state index contributed by atoms with van der Waals surface area (Å²) >= 11 is 0. The van der Waals surface area contributed by atoms with Crippen molar-refractivity contribution in [2.45, 2.75) is 0 Å². The molecule has 0 radical (unpaired) electrons. The van der Waals surface area contributed by atoms with Crippen molar-refractivity contribution in [3.05, 3.63) is 54.6 Å². The second-order valence-corrected chi connectivity index (χ2v) is 6.38. The Morgan fingerprint density at radius 2 is 1.69 bits per heavy atom. The molecule has 3 rings (SSSR count). The largest absolute Gasteiger partial charge is 0.492 e. The van der Waals surface area contributed by atoms with E-state index in [4.69, 9.17) is 4.74 Å².